The highest BCUT2D eigenvalue weighted by molar-refractivity contribution is 7.09. The summed E-state index contributed by atoms with van der Waals surface area (Å²) in [6.45, 7) is 0.670. The fraction of sp³-hybridized carbons (Fsp3) is 0.214. The van der Waals surface area contributed by atoms with Crippen LogP contribution in [-0.2, 0) is 6.42 Å². The minimum absolute atomic E-state index is 0.0244. The van der Waals surface area contributed by atoms with E-state index < -0.39 is 0 Å². The number of hydrogen-bond acceptors (Lipinski definition) is 3. The van der Waals surface area contributed by atoms with Gasteiger partial charge in [0.2, 0.25) is 0 Å². The van der Waals surface area contributed by atoms with Crippen LogP contribution in [0.2, 0.25) is 0 Å². The van der Waals surface area contributed by atoms with Gasteiger partial charge in [0.25, 0.3) is 5.91 Å². The average Bonchev–Trinajstić information content (AvgIpc) is 2.92. The first kappa shape index (κ1) is 12.6. The van der Waals surface area contributed by atoms with Crippen LogP contribution < -0.4 is 10.6 Å². The van der Waals surface area contributed by atoms with E-state index in [2.05, 4.69) is 16.7 Å². The second-order valence-corrected chi connectivity index (χ2v) is 4.95. The second kappa shape index (κ2) is 6.21. The molecular formula is C14H16N2OS. The van der Waals surface area contributed by atoms with Crippen molar-refractivity contribution in [2.24, 2.45) is 0 Å². The van der Waals surface area contributed by atoms with E-state index in [0.717, 1.165) is 12.1 Å². The zero-order chi connectivity index (χ0) is 12.8. The number of benzene rings is 1. The summed E-state index contributed by atoms with van der Waals surface area (Å²) in [6.07, 6.45) is 0.884. The van der Waals surface area contributed by atoms with Crippen molar-refractivity contribution in [3.8, 4) is 0 Å². The van der Waals surface area contributed by atoms with Gasteiger partial charge in [-0.15, -0.1) is 11.3 Å². The first-order chi connectivity index (χ1) is 8.79. The third kappa shape index (κ3) is 3.34. The Morgan fingerprint density at radius 3 is 2.89 bits per heavy atom. The molecule has 94 valence electrons. The van der Waals surface area contributed by atoms with Gasteiger partial charge in [-0.3, -0.25) is 4.79 Å². The Kier molecular flexibility index (Phi) is 4.36. The third-order valence-electron chi connectivity index (χ3n) is 2.65. The lowest BCUT2D eigenvalue weighted by Crippen LogP contribution is -2.25. The molecule has 0 aliphatic rings. The van der Waals surface area contributed by atoms with E-state index in [1.165, 1.54) is 4.88 Å². The minimum atomic E-state index is -0.0244. The largest absolute Gasteiger partial charge is 0.388 e. The van der Waals surface area contributed by atoms with Crippen molar-refractivity contribution in [2.45, 2.75) is 6.42 Å². The Morgan fingerprint density at radius 2 is 2.17 bits per heavy atom. The Labute approximate surface area is 111 Å². The average molecular weight is 260 g/mol. The number of nitrogens with one attached hydrogen (secondary N) is 2. The van der Waals surface area contributed by atoms with Crippen molar-refractivity contribution in [2.75, 3.05) is 18.9 Å². The predicted molar refractivity (Wildman–Crippen MR) is 76.3 cm³/mol. The second-order valence-electron chi connectivity index (χ2n) is 3.92. The first-order valence-electron chi connectivity index (χ1n) is 5.88. The molecule has 0 unspecified atom stereocenters. The molecule has 0 aliphatic carbocycles. The number of amides is 1. The zero-order valence-corrected chi connectivity index (χ0v) is 11.1. The maximum atomic E-state index is 11.9. The molecule has 0 saturated carbocycles. The molecule has 0 radical (unpaired) electrons. The van der Waals surface area contributed by atoms with E-state index in [1.807, 2.05) is 42.8 Å². The molecule has 1 aromatic carbocycles. The summed E-state index contributed by atoms with van der Waals surface area (Å²) in [5.74, 6) is -0.0244. The lowest BCUT2D eigenvalue weighted by Gasteiger charge is -2.06. The standard InChI is InChI=1S/C14H16N2OS/c1-15-12-5-2-4-11(10-12)14(17)16-8-7-13-6-3-9-18-13/h2-6,9-10,15H,7-8H2,1H3,(H,16,17). The van der Waals surface area contributed by atoms with Gasteiger partial charge < -0.3 is 10.6 Å². The topological polar surface area (TPSA) is 41.1 Å². The highest BCUT2D eigenvalue weighted by Crippen LogP contribution is 2.10. The van der Waals surface area contributed by atoms with Crippen LogP contribution in [0.1, 0.15) is 15.2 Å². The van der Waals surface area contributed by atoms with Crippen LogP contribution in [0.25, 0.3) is 0 Å². The van der Waals surface area contributed by atoms with Crippen molar-refractivity contribution in [1.82, 2.24) is 5.32 Å². The maximum absolute atomic E-state index is 11.9. The molecule has 1 aromatic heterocycles. The zero-order valence-electron chi connectivity index (χ0n) is 10.3. The molecule has 4 heteroatoms. The molecule has 2 aromatic rings. The smallest absolute Gasteiger partial charge is 0.251 e. The number of hydrogen-bond donors (Lipinski definition) is 2. The van der Waals surface area contributed by atoms with Crippen LogP contribution in [0.5, 0.6) is 0 Å². The van der Waals surface area contributed by atoms with Crippen molar-refractivity contribution in [1.29, 1.82) is 0 Å². The summed E-state index contributed by atoms with van der Waals surface area (Å²) in [4.78, 5) is 13.2. The number of carbonyl (C=O) groups is 1. The van der Waals surface area contributed by atoms with Crippen molar-refractivity contribution in [3.05, 3.63) is 52.2 Å². The van der Waals surface area contributed by atoms with Crippen LogP contribution in [0.15, 0.2) is 41.8 Å². The summed E-state index contributed by atoms with van der Waals surface area (Å²) >= 11 is 1.72. The van der Waals surface area contributed by atoms with Crippen LogP contribution in [-0.4, -0.2) is 19.5 Å². The Hall–Kier alpha value is -1.81. The fourth-order valence-electron chi connectivity index (χ4n) is 1.67. The van der Waals surface area contributed by atoms with E-state index in [1.54, 1.807) is 11.3 Å². The molecule has 3 nitrogen and oxygen atoms in total. The summed E-state index contributed by atoms with van der Waals surface area (Å²) in [5.41, 5.74) is 1.63. The van der Waals surface area contributed by atoms with Crippen LogP contribution in [0.4, 0.5) is 5.69 Å². The summed E-state index contributed by atoms with van der Waals surface area (Å²) in [5, 5.41) is 8.00. The molecule has 0 aliphatic heterocycles. The molecule has 2 N–H and O–H groups in total. The monoisotopic (exact) mass is 260 g/mol. The van der Waals surface area contributed by atoms with E-state index in [9.17, 15) is 4.79 Å². The predicted octanol–water partition coefficient (Wildman–Crippen LogP) is 2.76. The van der Waals surface area contributed by atoms with E-state index in [4.69, 9.17) is 0 Å². The molecule has 18 heavy (non-hydrogen) atoms. The van der Waals surface area contributed by atoms with Gasteiger partial charge in [0.1, 0.15) is 0 Å². The minimum Gasteiger partial charge on any atom is -0.388 e. The number of rotatable bonds is 5. The number of anilines is 1. The van der Waals surface area contributed by atoms with E-state index in [-0.39, 0.29) is 5.91 Å². The molecule has 1 amide bonds. The SMILES string of the molecule is CNc1cccc(C(=O)NCCc2cccs2)c1. The van der Waals surface area contributed by atoms with Gasteiger partial charge in [-0.1, -0.05) is 12.1 Å². The number of carbonyl (C=O) groups excluding carboxylic acids is 1. The summed E-state index contributed by atoms with van der Waals surface area (Å²) in [6, 6.07) is 11.6. The number of thiophene rings is 1. The molecular weight excluding hydrogens is 244 g/mol. The molecule has 0 fully saturated rings. The van der Waals surface area contributed by atoms with Crippen molar-refractivity contribution in [3.63, 3.8) is 0 Å². The Morgan fingerprint density at radius 1 is 1.28 bits per heavy atom. The molecule has 0 bridgehead atoms. The van der Waals surface area contributed by atoms with Gasteiger partial charge in [0.05, 0.1) is 0 Å². The van der Waals surface area contributed by atoms with Crippen LogP contribution >= 0.6 is 11.3 Å². The van der Waals surface area contributed by atoms with Crippen molar-refractivity contribution < 1.29 is 4.79 Å². The highest BCUT2D eigenvalue weighted by atomic mass is 32.1. The summed E-state index contributed by atoms with van der Waals surface area (Å²) < 4.78 is 0. The van der Waals surface area contributed by atoms with Gasteiger partial charge >= 0.3 is 0 Å². The maximum Gasteiger partial charge on any atom is 0.251 e. The van der Waals surface area contributed by atoms with Crippen molar-refractivity contribution >= 4 is 22.9 Å². The molecule has 2 rings (SSSR count). The quantitative estimate of drug-likeness (QED) is 0.868. The third-order valence-corrected chi connectivity index (χ3v) is 3.59. The molecule has 1 heterocycles. The van der Waals surface area contributed by atoms with Crippen LogP contribution in [0, 0.1) is 0 Å². The molecule has 0 spiro atoms. The first-order valence-corrected chi connectivity index (χ1v) is 6.76. The lowest BCUT2D eigenvalue weighted by atomic mass is 10.2. The Balaban J connectivity index is 1.87. The lowest BCUT2D eigenvalue weighted by molar-refractivity contribution is 0.0954. The summed E-state index contributed by atoms with van der Waals surface area (Å²) in [7, 11) is 1.84. The van der Waals surface area contributed by atoms with E-state index in [0.29, 0.717) is 12.1 Å². The van der Waals surface area contributed by atoms with Crippen LogP contribution in [0.3, 0.4) is 0 Å². The van der Waals surface area contributed by atoms with Gasteiger partial charge in [-0.05, 0) is 36.1 Å². The van der Waals surface area contributed by atoms with E-state index >= 15 is 0 Å². The van der Waals surface area contributed by atoms with Gasteiger partial charge in [-0.2, -0.15) is 0 Å². The van der Waals surface area contributed by atoms with Gasteiger partial charge in [0.15, 0.2) is 0 Å². The highest BCUT2D eigenvalue weighted by Gasteiger charge is 2.05. The normalized spacial score (nSPS) is 10.1. The molecule has 0 atom stereocenters. The Bertz CT molecular complexity index is 508. The van der Waals surface area contributed by atoms with Gasteiger partial charge in [0, 0.05) is 29.7 Å². The fourth-order valence-corrected chi connectivity index (χ4v) is 2.38. The molecule has 0 saturated heterocycles. The van der Waals surface area contributed by atoms with Gasteiger partial charge in [-0.25, -0.2) is 0 Å².